The standard InChI is InChI=1S/C22H25N3O/c1-2-7-18(8-3-1)22(21-10-6-16-26-21)24-19-11-14-25(15-12-19)17-20-9-4-5-13-23-20/h1-10,13,16,19,22,24H,11-12,14-15,17H2. The molecule has 26 heavy (non-hydrogen) atoms. The lowest BCUT2D eigenvalue weighted by atomic mass is 9.99. The van der Waals surface area contributed by atoms with Gasteiger partial charge in [0.25, 0.3) is 0 Å². The molecule has 1 unspecified atom stereocenters. The Labute approximate surface area is 154 Å². The second kappa shape index (κ2) is 8.30. The van der Waals surface area contributed by atoms with Gasteiger partial charge in [-0.3, -0.25) is 9.88 Å². The maximum Gasteiger partial charge on any atom is 0.125 e. The first-order valence-corrected chi connectivity index (χ1v) is 9.35. The number of likely N-dealkylation sites (tertiary alicyclic amines) is 1. The van der Waals surface area contributed by atoms with Crippen molar-refractivity contribution in [2.45, 2.75) is 31.5 Å². The molecule has 0 saturated carbocycles. The highest BCUT2D eigenvalue weighted by atomic mass is 16.3. The first-order valence-electron chi connectivity index (χ1n) is 9.35. The van der Waals surface area contributed by atoms with E-state index in [1.165, 1.54) is 5.56 Å². The van der Waals surface area contributed by atoms with Crippen molar-refractivity contribution < 1.29 is 4.42 Å². The van der Waals surface area contributed by atoms with Gasteiger partial charge in [0.2, 0.25) is 0 Å². The van der Waals surface area contributed by atoms with Gasteiger partial charge in [-0.15, -0.1) is 0 Å². The van der Waals surface area contributed by atoms with Gasteiger partial charge in [0, 0.05) is 31.9 Å². The highest BCUT2D eigenvalue weighted by Gasteiger charge is 2.24. The minimum Gasteiger partial charge on any atom is -0.467 e. The number of aromatic nitrogens is 1. The van der Waals surface area contributed by atoms with Gasteiger partial charge < -0.3 is 9.73 Å². The zero-order valence-electron chi connectivity index (χ0n) is 14.9. The Balaban J connectivity index is 1.37. The minimum absolute atomic E-state index is 0.110. The Morgan fingerprint density at radius 3 is 2.50 bits per heavy atom. The van der Waals surface area contributed by atoms with Gasteiger partial charge in [-0.05, 0) is 42.7 Å². The van der Waals surface area contributed by atoms with E-state index >= 15 is 0 Å². The molecule has 3 heterocycles. The molecule has 1 N–H and O–H groups in total. The summed E-state index contributed by atoms with van der Waals surface area (Å²) in [4.78, 5) is 6.93. The number of hydrogen-bond acceptors (Lipinski definition) is 4. The van der Waals surface area contributed by atoms with Crippen molar-refractivity contribution in [2.24, 2.45) is 0 Å². The van der Waals surface area contributed by atoms with Crippen LogP contribution in [0.4, 0.5) is 0 Å². The Bertz CT molecular complexity index is 766. The van der Waals surface area contributed by atoms with Crippen molar-refractivity contribution in [1.82, 2.24) is 15.2 Å². The molecule has 1 atom stereocenters. The average Bonchev–Trinajstić information content (AvgIpc) is 3.23. The van der Waals surface area contributed by atoms with Gasteiger partial charge in [0.15, 0.2) is 0 Å². The largest absolute Gasteiger partial charge is 0.467 e. The minimum atomic E-state index is 0.110. The maximum atomic E-state index is 5.71. The molecule has 0 amide bonds. The van der Waals surface area contributed by atoms with E-state index in [9.17, 15) is 0 Å². The van der Waals surface area contributed by atoms with E-state index in [1.54, 1.807) is 6.26 Å². The van der Waals surface area contributed by atoms with Crippen LogP contribution < -0.4 is 5.32 Å². The Hall–Kier alpha value is -2.43. The first kappa shape index (κ1) is 17.0. The Morgan fingerprint density at radius 1 is 1.00 bits per heavy atom. The van der Waals surface area contributed by atoms with Crippen LogP contribution in [0.15, 0.2) is 77.5 Å². The summed E-state index contributed by atoms with van der Waals surface area (Å²) in [5.41, 5.74) is 2.40. The fraction of sp³-hybridized carbons (Fsp3) is 0.318. The molecule has 2 aromatic heterocycles. The monoisotopic (exact) mass is 347 g/mol. The third-order valence-electron chi connectivity index (χ3n) is 5.06. The van der Waals surface area contributed by atoms with Crippen LogP contribution in [0.1, 0.15) is 35.9 Å². The van der Waals surface area contributed by atoms with Gasteiger partial charge >= 0.3 is 0 Å². The Kier molecular flexibility index (Phi) is 5.43. The molecule has 0 bridgehead atoms. The molecule has 1 saturated heterocycles. The Morgan fingerprint density at radius 2 is 1.81 bits per heavy atom. The van der Waals surface area contributed by atoms with Crippen LogP contribution in [-0.4, -0.2) is 29.0 Å². The van der Waals surface area contributed by atoms with E-state index in [0.29, 0.717) is 6.04 Å². The van der Waals surface area contributed by atoms with Crippen LogP contribution >= 0.6 is 0 Å². The van der Waals surface area contributed by atoms with Gasteiger partial charge in [-0.1, -0.05) is 36.4 Å². The van der Waals surface area contributed by atoms with Gasteiger partial charge in [-0.2, -0.15) is 0 Å². The normalized spacial score (nSPS) is 17.2. The van der Waals surface area contributed by atoms with Crippen LogP contribution in [0.2, 0.25) is 0 Å². The molecular weight excluding hydrogens is 322 g/mol. The van der Waals surface area contributed by atoms with Crippen LogP contribution in [0, 0.1) is 0 Å². The van der Waals surface area contributed by atoms with Crippen molar-refractivity contribution >= 4 is 0 Å². The quantitative estimate of drug-likeness (QED) is 0.731. The zero-order chi connectivity index (χ0) is 17.6. The number of furan rings is 1. The number of pyridine rings is 1. The molecule has 1 aliphatic rings. The molecular formula is C22H25N3O. The van der Waals surface area contributed by atoms with E-state index < -0.39 is 0 Å². The highest BCUT2D eigenvalue weighted by molar-refractivity contribution is 5.26. The van der Waals surface area contributed by atoms with Crippen LogP contribution in [0.3, 0.4) is 0 Å². The molecule has 0 aliphatic carbocycles. The molecule has 1 aliphatic heterocycles. The third-order valence-corrected chi connectivity index (χ3v) is 5.06. The summed E-state index contributed by atoms with van der Waals surface area (Å²) in [6.45, 7) is 3.12. The molecule has 4 nitrogen and oxygen atoms in total. The van der Waals surface area contributed by atoms with Crippen LogP contribution in [0.25, 0.3) is 0 Å². The van der Waals surface area contributed by atoms with Gasteiger partial charge in [0.05, 0.1) is 18.0 Å². The van der Waals surface area contributed by atoms with Crippen molar-refractivity contribution in [3.05, 3.63) is 90.1 Å². The van der Waals surface area contributed by atoms with Crippen LogP contribution in [0.5, 0.6) is 0 Å². The molecule has 4 rings (SSSR count). The predicted molar refractivity (Wildman–Crippen MR) is 103 cm³/mol. The third kappa shape index (κ3) is 4.21. The lowest BCUT2D eigenvalue weighted by Crippen LogP contribution is -2.43. The van der Waals surface area contributed by atoms with E-state index in [1.807, 2.05) is 18.3 Å². The van der Waals surface area contributed by atoms with E-state index in [-0.39, 0.29) is 6.04 Å². The van der Waals surface area contributed by atoms with Crippen LogP contribution in [-0.2, 0) is 6.54 Å². The number of hydrogen-bond donors (Lipinski definition) is 1. The summed E-state index contributed by atoms with van der Waals surface area (Å²) in [6.07, 6.45) is 5.90. The summed E-state index contributed by atoms with van der Waals surface area (Å²) in [5, 5.41) is 3.82. The number of benzene rings is 1. The second-order valence-corrected chi connectivity index (χ2v) is 6.90. The van der Waals surface area contributed by atoms with E-state index in [4.69, 9.17) is 4.42 Å². The summed E-state index contributed by atoms with van der Waals surface area (Å²) >= 11 is 0. The first-order chi connectivity index (χ1) is 12.9. The second-order valence-electron chi connectivity index (χ2n) is 6.90. The number of piperidine rings is 1. The topological polar surface area (TPSA) is 41.3 Å². The maximum absolute atomic E-state index is 5.71. The molecule has 1 aromatic carbocycles. The highest BCUT2D eigenvalue weighted by Crippen LogP contribution is 2.25. The summed E-state index contributed by atoms with van der Waals surface area (Å²) in [5.74, 6) is 0.979. The lowest BCUT2D eigenvalue weighted by molar-refractivity contribution is 0.183. The predicted octanol–water partition coefficient (Wildman–Crippen LogP) is 4.02. The van der Waals surface area contributed by atoms with Crippen molar-refractivity contribution in [1.29, 1.82) is 0 Å². The molecule has 4 heteroatoms. The fourth-order valence-electron chi connectivity index (χ4n) is 3.66. The number of nitrogens with one attached hydrogen (secondary N) is 1. The van der Waals surface area contributed by atoms with Crippen molar-refractivity contribution in [3.63, 3.8) is 0 Å². The average molecular weight is 347 g/mol. The summed E-state index contributed by atoms with van der Waals surface area (Å²) in [7, 11) is 0. The molecule has 3 aromatic rings. The van der Waals surface area contributed by atoms with E-state index in [0.717, 1.165) is 43.9 Å². The smallest absolute Gasteiger partial charge is 0.125 e. The molecule has 134 valence electrons. The van der Waals surface area contributed by atoms with Gasteiger partial charge in [0.1, 0.15) is 5.76 Å². The molecule has 0 spiro atoms. The van der Waals surface area contributed by atoms with Gasteiger partial charge in [-0.25, -0.2) is 0 Å². The number of rotatable bonds is 6. The molecule has 1 fully saturated rings. The zero-order valence-corrected chi connectivity index (χ0v) is 14.9. The molecule has 0 radical (unpaired) electrons. The van der Waals surface area contributed by atoms with E-state index in [2.05, 4.69) is 63.7 Å². The fourth-order valence-corrected chi connectivity index (χ4v) is 3.66. The SMILES string of the molecule is c1ccc(C(NC2CCN(Cc3ccccn3)CC2)c2ccco2)cc1. The van der Waals surface area contributed by atoms with Crippen molar-refractivity contribution in [3.8, 4) is 0 Å². The summed E-state index contributed by atoms with van der Waals surface area (Å²) < 4.78 is 5.71. The summed E-state index contributed by atoms with van der Waals surface area (Å²) in [6, 6.07) is 21.3. The number of nitrogens with zero attached hydrogens (tertiary/aromatic N) is 2. The van der Waals surface area contributed by atoms with Crippen molar-refractivity contribution in [2.75, 3.05) is 13.1 Å². The lowest BCUT2D eigenvalue weighted by Gasteiger charge is -2.34.